The number of carbonyl (C=O) groups excluding carboxylic acids is 1. The van der Waals surface area contributed by atoms with Crippen LogP contribution in [0.2, 0.25) is 5.28 Å². The number of aromatic nitrogens is 4. The fourth-order valence-corrected chi connectivity index (χ4v) is 1.77. The summed E-state index contributed by atoms with van der Waals surface area (Å²) in [5.74, 6) is 0.560. The van der Waals surface area contributed by atoms with Crippen molar-refractivity contribution in [3.63, 3.8) is 0 Å². The first-order valence-electron chi connectivity index (χ1n) is 6.42. The summed E-state index contributed by atoms with van der Waals surface area (Å²) in [4.78, 5) is 19.6. The zero-order chi connectivity index (χ0) is 15.5. The van der Waals surface area contributed by atoms with Gasteiger partial charge in [0.05, 0.1) is 11.6 Å². The van der Waals surface area contributed by atoms with Crippen LogP contribution in [-0.4, -0.2) is 44.9 Å². The molecule has 1 amide bonds. The van der Waals surface area contributed by atoms with E-state index in [4.69, 9.17) is 16.3 Å². The van der Waals surface area contributed by atoms with Crippen molar-refractivity contribution in [1.82, 2.24) is 25.5 Å². The molecule has 0 aliphatic heterocycles. The molecule has 2 rings (SSSR count). The van der Waals surface area contributed by atoms with E-state index in [-0.39, 0.29) is 5.28 Å². The Labute approximate surface area is 126 Å². The summed E-state index contributed by atoms with van der Waals surface area (Å²) in [5, 5.41) is 13.2. The standard InChI is InChI=1S/C12H17ClN6O2/c1-12(2,3)21-11(20)15-5-4-14-8-7-6-16-19-9(7)18-10(13)17-8/h6H,4-5H2,1-3H3,(H,15,20)(H2,14,16,17,18,19). The third-order valence-corrected chi connectivity index (χ3v) is 2.54. The van der Waals surface area contributed by atoms with Crippen LogP contribution in [0.25, 0.3) is 11.0 Å². The second kappa shape index (κ2) is 6.13. The molecule has 0 atom stereocenters. The summed E-state index contributed by atoms with van der Waals surface area (Å²) in [6.45, 7) is 6.28. The summed E-state index contributed by atoms with van der Waals surface area (Å²) in [5.41, 5.74) is 0.0401. The first-order valence-corrected chi connectivity index (χ1v) is 6.80. The van der Waals surface area contributed by atoms with E-state index in [1.165, 1.54) is 0 Å². The van der Waals surface area contributed by atoms with Gasteiger partial charge in [0.1, 0.15) is 11.4 Å². The molecule has 2 aromatic rings. The number of hydrogen-bond donors (Lipinski definition) is 3. The first kappa shape index (κ1) is 15.3. The monoisotopic (exact) mass is 312 g/mol. The van der Waals surface area contributed by atoms with Gasteiger partial charge in [0.2, 0.25) is 5.28 Å². The van der Waals surface area contributed by atoms with Crippen LogP contribution in [0, 0.1) is 0 Å². The van der Waals surface area contributed by atoms with Crippen molar-refractivity contribution in [2.75, 3.05) is 18.4 Å². The van der Waals surface area contributed by atoms with Gasteiger partial charge in [-0.2, -0.15) is 15.1 Å². The fourth-order valence-electron chi connectivity index (χ4n) is 1.60. The van der Waals surface area contributed by atoms with E-state index < -0.39 is 11.7 Å². The van der Waals surface area contributed by atoms with Gasteiger partial charge < -0.3 is 15.4 Å². The smallest absolute Gasteiger partial charge is 0.407 e. The van der Waals surface area contributed by atoms with E-state index in [0.29, 0.717) is 24.6 Å². The Morgan fingerprint density at radius 3 is 2.86 bits per heavy atom. The summed E-state index contributed by atoms with van der Waals surface area (Å²) < 4.78 is 5.13. The number of halogens is 1. The Morgan fingerprint density at radius 1 is 1.38 bits per heavy atom. The van der Waals surface area contributed by atoms with Gasteiger partial charge in [-0.3, -0.25) is 5.10 Å². The summed E-state index contributed by atoms with van der Waals surface area (Å²) >= 11 is 5.82. The van der Waals surface area contributed by atoms with Gasteiger partial charge in [-0.1, -0.05) is 0 Å². The molecule has 9 heteroatoms. The van der Waals surface area contributed by atoms with Crippen molar-refractivity contribution in [2.24, 2.45) is 0 Å². The van der Waals surface area contributed by atoms with Crippen LogP contribution in [0.4, 0.5) is 10.6 Å². The average molecular weight is 313 g/mol. The normalized spacial score (nSPS) is 11.4. The highest BCUT2D eigenvalue weighted by Crippen LogP contribution is 2.19. The number of H-pyrrole nitrogens is 1. The Balaban J connectivity index is 1.85. The Bertz CT molecular complexity index is 636. The molecule has 0 bridgehead atoms. The molecule has 0 saturated heterocycles. The molecule has 0 aromatic carbocycles. The molecule has 0 fully saturated rings. The Hall–Kier alpha value is -2.09. The molecule has 0 aliphatic carbocycles. The number of nitrogens with zero attached hydrogens (tertiary/aromatic N) is 3. The first-order chi connectivity index (χ1) is 9.85. The van der Waals surface area contributed by atoms with Gasteiger partial charge in [0, 0.05) is 13.1 Å². The number of rotatable bonds is 4. The molecule has 8 nitrogen and oxygen atoms in total. The van der Waals surface area contributed by atoms with Crippen molar-refractivity contribution in [1.29, 1.82) is 0 Å². The lowest BCUT2D eigenvalue weighted by atomic mass is 10.2. The van der Waals surface area contributed by atoms with Crippen LogP contribution in [0.5, 0.6) is 0 Å². The second-order valence-electron chi connectivity index (χ2n) is 5.33. The average Bonchev–Trinajstić information content (AvgIpc) is 2.80. The lowest BCUT2D eigenvalue weighted by Gasteiger charge is -2.19. The van der Waals surface area contributed by atoms with E-state index in [1.807, 2.05) is 20.8 Å². The third kappa shape index (κ3) is 4.45. The van der Waals surface area contributed by atoms with Crippen LogP contribution in [0.15, 0.2) is 6.20 Å². The highest BCUT2D eigenvalue weighted by molar-refractivity contribution is 6.28. The Morgan fingerprint density at radius 2 is 2.14 bits per heavy atom. The SMILES string of the molecule is CC(C)(C)OC(=O)NCCNc1nc(Cl)nc2[nH]ncc12. The number of ether oxygens (including phenoxy) is 1. The molecule has 2 aromatic heterocycles. The maximum absolute atomic E-state index is 11.5. The molecule has 0 aliphatic rings. The molecular formula is C12H17ClN6O2. The molecule has 21 heavy (non-hydrogen) atoms. The quantitative estimate of drug-likeness (QED) is 0.588. The number of alkyl carbamates (subject to hydrolysis) is 1. The van der Waals surface area contributed by atoms with Gasteiger partial charge >= 0.3 is 6.09 Å². The molecule has 0 unspecified atom stereocenters. The lowest BCUT2D eigenvalue weighted by Crippen LogP contribution is -2.35. The lowest BCUT2D eigenvalue weighted by molar-refractivity contribution is 0.0530. The van der Waals surface area contributed by atoms with E-state index in [0.717, 1.165) is 5.39 Å². The number of hydrogen-bond acceptors (Lipinski definition) is 6. The highest BCUT2D eigenvalue weighted by Gasteiger charge is 2.15. The van der Waals surface area contributed by atoms with Crippen molar-refractivity contribution < 1.29 is 9.53 Å². The Kier molecular flexibility index (Phi) is 4.46. The minimum absolute atomic E-state index is 0.120. The summed E-state index contributed by atoms with van der Waals surface area (Å²) in [6, 6.07) is 0. The van der Waals surface area contributed by atoms with Crippen LogP contribution >= 0.6 is 11.6 Å². The number of aromatic amines is 1. The third-order valence-electron chi connectivity index (χ3n) is 2.37. The van der Waals surface area contributed by atoms with Crippen molar-refractivity contribution >= 4 is 34.5 Å². The van der Waals surface area contributed by atoms with Crippen LogP contribution < -0.4 is 10.6 Å². The maximum atomic E-state index is 11.5. The van der Waals surface area contributed by atoms with Gasteiger partial charge in [-0.25, -0.2) is 4.79 Å². The number of carbonyl (C=O) groups is 1. The molecule has 3 N–H and O–H groups in total. The molecule has 0 spiro atoms. The minimum atomic E-state index is -0.513. The van der Waals surface area contributed by atoms with Gasteiger partial charge in [0.25, 0.3) is 0 Å². The maximum Gasteiger partial charge on any atom is 0.407 e. The molecular weight excluding hydrogens is 296 g/mol. The van der Waals surface area contributed by atoms with Crippen LogP contribution in [0.1, 0.15) is 20.8 Å². The number of anilines is 1. The largest absolute Gasteiger partial charge is 0.444 e. The molecule has 0 radical (unpaired) electrons. The fraction of sp³-hybridized carbons (Fsp3) is 0.500. The van der Waals surface area contributed by atoms with Gasteiger partial charge in [-0.15, -0.1) is 0 Å². The highest BCUT2D eigenvalue weighted by atomic mass is 35.5. The number of amides is 1. The van der Waals surface area contributed by atoms with E-state index >= 15 is 0 Å². The van der Waals surface area contributed by atoms with Gasteiger partial charge in [0.15, 0.2) is 5.65 Å². The number of nitrogens with one attached hydrogen (secondary N) is 3. The summed E-state index contributed by atoms with van der Waals surface area (Å²) in [7, 11) is 0. The second-order valence-corrected chi connectivity index (χ2v) is 5.67. The van der Waals surface area contributed by atoms with Crippen molar-refractivity contribution in [3.8, 4) is 0 Å². The van der Waals surface area contributed by atoms with Crippen LogP contribution in [-0.2, 0) is 4.74 Å². The predicted octanol–water partition coefficient (Wildman–Crippen LogP) is 1.94. The number of fused-ring (bicyclic) bond motifs is 1. The van der Waals surface area contributed by atoms with E-state index in [9.17, 15) is 4.79 Å². The van der Waals surface area contributed by atoms with E-state index in [1.54, 1.807) is 6.20 Å². The zero-order valence-corrected chi connectivity index (χ0v) is 12.8. The molecule has 2 heterocycles. The predicted molar refractivity (Wildman–Crippen MR) is 79.4 cm³/mol. The topological polar surface area (TPSA) is 105 Å². The molecule has 0 saturated carbocycles. The van der Waals surface area contributed by atoms with Crippen LogP contribution in [0.3, 0.4) is 0 Å². The van der Waals surface area contributed by atoms with Crippen molar-refractivity contribution in [2.45, 2.75) is 26.4 Å². The zero-order valence-electron chi connectivity index (χ0n) is 12.0. The van der Waals surface area contributed by atoms with Gasteiger partial charge in [-0.05, 0) is 32.4 Å². The van der Waals surface area contributed by atoms with E-state index in [2.05, 4.69) is 30.8 Å². The van der Waals surface area contributed by atoms with Crippen molar-refractivity contribution in [3.05, 3.63) is 11.5 Å². The molecule has 114 valence electrons. The summed E-state index contributed by atoms with van der Waals surface area (Å²) in [6.07, 6.45) is 1.15. The minimum Gasteiger partial charge on any atom is -0.444 e.